The van der Waals surface area contributed by atoms with Crippen LogP contribution in [0.1, 0.15) is 43.9 Å². The number of carbonyl (C=O) groups is 2. The van der Waals surface area contributed by atoms with Crippen LogP contribution in [0.5, 0.6) is 0 Å². The van der Waals surface area contributed by atoms with E-state index in [0.717, 1.165) is 17.4 Å². The second kappa shape index (κ2) is 9.30. The number of thiazole rings is 1. The van der Waals surface area contributed by atoms with E-state index < -0.39 is 23.6 Å². The maximum absolute atomic E-state index is 13.1. The molecule has 0 bridgehead atoms. The second-order valence-corrected chi connectivity index (χ2v) is 7.47. The standard InChI is InChI=1S/C20H18F3N5O3S/c1-4-31-17(30)15-11(3)26-19(32-15)28-18-24-9-12(10(2)25-18)16(29)27-14-8-6-5-7-13(14)20(21,22)23/h5-9H,4H2,1-3H3,(H,27,29)(H,24,25,26,28). The van der Waals surface area contributed by atoms with Crippen LogP contribution in [0.3, 0.4) is 0 Å². The molecule has 0 aliphatic heterocycles. The number of para-hydroxylation sites is 1. The SMILES string of the molecule is CCOC(=O)c1sc(Nc2ncc(C(=O)Nc3ccccc3C(F)(F)F)c(C)n2)nc1C. The maximum atomic E-state index is 13.1. The van der Waals surface area contributed by atoms with Crippen LogP contribution in [0.2, 0.25) is 0 Å². The van der Waals surface area contributed by atoms with Crippen molar-refractivity contribution in [3.05, 3.63) is 57.9 Å². The number of halogens is 3. The summed E-state index contributed by atoms with van der Waals surface area (Å²) in [6, 6.07) is 4.67. The van der Waals surface area contributed by atoms with Gasteiger partial charge in [0, 0.05) is 6.20 Å². The Kier molecular flexibility index (Phi) is 6.72. The number of anilines is 3. The smallest absolute Gasteiger partial charge is 0.418 e. The van der Waals surface area contributed by atoms with E-state index in [2.05, 4.69) is 25.6 Å². The van der Waals surface area contributed by atoms with Crippen molar-refractivity contribution in [1.29, 1.82) is 0 Å². The highest BCUT2D eigenvalue weighted by atomic mass is 32.1. The van der Waals surface area contributed by atoms with E-state index in [4.69, 9.17) is 4.74 Å². The van der Waals surface area contributed by atoms with Gasteiger partial charge >= 0.3 is 12.1 Å². The van der Waals surface area contributed by atoms with Crippen LogP contribution >= 0.6 is 11.3 Å². The summed E-state index contributed by atoms with van der Waals surface area (Å²) in [6.07, 6.45) is -3.42. The van der Waals surface area contributed by atoms with Gasteiger partial charge in [0.05, 0.1) is 34.8 Å². The van der Waals surface area contributed by atoms with E-state index in [0.29, 0.717) is 15.7 Å². The molecule has 3 aromatic rings. The van der Waals surface area contributed by atoms with E-state index >= 15 is 0 Å². The molecule has 0 unspecified atom stereocenters. The first-order valence-corrected chi connectivity index (χ1v) is 10.1. The average Bonchev–Trinajstić information content (AvgIpc) is 3.08. The van der Waals surface area contributed by atoms with Gasteiger partial charge < -0.3 is 15.4 Å². The van der Waals surface area contributed by atoms with Crippen molar-refractivity contribution in [2.24, 2.45) is 0 Å². The molecule has 32 heavy (non-hydrogen) atoms. The van der Waals surface area contributed by atoms with Crippen molar-refractivity contribution in [3.63, 3.8) is 0 Å². The Hall–Kier alpha value is -3.54. The lowest BCUT2D eigenvalue weighted by atomic mass is 10.1. The highest BCUT2D eigenvalue weighted by Gasteiger charge is 2.33. The van der Waals surface area contributed by atoms with Gasteiger partial charge in [0.1, 0.15) is 4.88 Å². The lowest BCUT2D eigenvalue weighted by Gasteiger charge is -2.14. The molecule has 0 atom stereocenters. The van der Waals surface area contributed by atoms with E-state index in [1.807, 2.05) is 0 Å². The molecule has 2 N–H and O–H groups in total. The predicted molar refractivity (Wildman–Crippen MR) is 112 cm³/mol. The van der Waals surface area contributed by atoms with Crippen molar-refractivity contribution < 1.29 is 27.5 Å². The number of hydrogen-bond acceptors (Lipinski definition) is 8. The van der Waals surface area contributed by atoms with Crippen LogP contribution in [0.25, 0.3) is 0 Å². The third kappa shape index (κ3) is 5.19. The van der Waals surface area contributed by atoms with Crippen molar-refractivity contribution in [2.45, 2.75) is 26.9 Å². The molecule has 1 amide bonds. The Morgan fingerprint density at radius 2 is 1.84 bits per heavy atom. The Morgan fingerprint density at radius 1 is 1.12 bits per heavy atom. The van der Waals surface area contributed by atoms with Gasteiger partial charge in [-0.15, -0.1) is 0 Å². The van der Waals surface area contributed by atoms with Gasteiger partial charge in [0.25, 0.3) is 5.91 Å². The van der Waals surface area contributed by atoms with Gasteiger partial charge in [-0.2, -0.15) is 13.2 Å². The Labute approximate surface area is 184 Å². The molecule has 0 radical (unpaired) electrons. The van der Waals surface area contributed by atoms with Gasteiger partial charge in [-0.25, -0.2) is 19.7 Å². The molecular weight excluding hydrogens is 447 g/mol. The van der Waals surface area contributed by atoms with Gasteiger partial charge in [0.2, 0.25) is 5.95 Å². The number of esters is 1. The third-order valence-corrected chi connectivity index (χ3v) is 5.23. The first kappa shape index (κ1) is 23.1. The topological polar surface area (TPSA) is 106 Å². The fourth-order valence-electron chi connectivity index (χ4n) is 2.71. The fourth-order valence-corrected chi connectivity index (χ4v) is 3.56. The van der Waals surface area contributed by atoms with Crippen LogP contribution in [0.15, 0.2) is 30.5 Å². The molecule has 2 aromatic heterocycles. The highest BCUT2D eigenvalue weighted by molar-refractivity contribution is 7.17. The number of amides is 1. The second-order valence-electron chi connectivity index (χ2n) is 6.47. The molecule has 0 aliphatic carbocycles. The molecule has 2 heterocycles. The number of hydrogen-bond donors (Lipinski definition) is 2. The van der Waals surface area contributed by atoms with Crippen molar-refractivity contribution in [1.82, 2.24) is 15.0 Å². The third-order valence-electron chi connectivity index (χ3n) is 4.18. The Morgan fingerprint density at radius 3 is 2.50 bits per heavy atom. The van der Waals surface area contributed by atoms with Gasteiger partial charge in [-0.05, 0) is 32.9 Å². The number of carbonyl (C=O) groups excluding carboxylic acids is 2. The first-order valence-electron chi connectivity index (χ1n) is 9.33. The van der Waals surface area contributed by atoms with Crippen LogP contribution in [-0.2, 0) is 10.9 Å². The molecule has 168 valence electrons. The van der Waals surface area contributed by atoms with Crippen LogP contribution in [0, 0.1) is 13.8 Å². The molecule has 0 spiro atoms. The molecule has 0 saturated heterocycles. The minimum atomic E-state index is -4.61. The summed E-state index contributed by atoms with van der Waals surface area (Å²) in [6.45, 7) is 5.11. The van der Waals surface area contributed by atoms with Gasteiger partial charge in [0.15, 0.2) is 5.13 Å². The number of rotatable bonds is 6. The zero-order valence-electron chi connectivity index (χ0n) is 17.2. The Bertz CT molecular complexity index is 1160. The summed E-state index contributed by atoms with van der Waals surface area (Å²) >= 11 is 1.06. The summed E-state index contributed by atoms with van der Waals surface area (Å²) < 4.78 is 44.4. The number of nitrogens with zero attached hydrogens (tertiary/aromatic N) is 3. The summed E-state index contributed by atoms with van der Waals surface area (Å²) in [5.41, 5.74) is -0.594. The monoisotopic (exact) mass is 465 g/mol. The molecule has 0 saturated carbocycles. The lowest BCUT2D eigenvalue weighted by molar-refractivity contribution is -0.136. The molecule has 1 aromatic carbocycles. The summed E-state index contributed by atoms with van der Waals surface area (Å²) in [5.74, 6) is -1.15. The molecule has 0 fully saturated rings. The van der Waals surface area contributed by atoms with E-state index in [-0.39, 0.29) is 29.5 Å². The van der Waals surface area contributed by atoms with Gasteiger partial charge in [-0.1, -0.05) is 23.5 Å². The minimum absolute atomic E-state index is 0.00931. The minimum Gasteiger partial charge on any atom is -0.462 e. The fraction of sp³-hybridized carbons (Fsp3) is 0.250. The molecule has 12 heteroatoms. The van der Waals surface area contributed by atoms with Crippen molar-refractivity contribution in [3.8, 4) is 0 Å². The molecule has 0 aliphatic rings. The van der Waals surface area contributed by atoms with Crippen molar-refractivity contribution >= 4 is 40.0 Å². The maximum Gasteiger partial charge on any atom is 0.418 e. The number of aromatic nitrogens is 3. The summed E-state index contributed by atoms with van der Waals surface area (Å²) in [5, 5.41) is 5.45. The Balaban J connectivity index is 1.77. The van der Waals surface area contributed by atoms with E-state index in [1.54, 1.807) is 13.8 Å². The number of benzene rings is 1. The van der Waals surface area contributed by atoms with Crippen LogP contribution in [-0.4, -0.2) is 33.4 Å². The quantitative estimate of drug-likeness (QED) is 0.507. The normalized spacial score (nSPS) is 11.2. The number of alkyl halides is 3. The molecular formula is C20H18F3N5O3S. The average molecular weight is 465 g/mol. The summed E-state index contributed by atoms with van der Waals surface area (Å²) in [7, 11) is 0. The van der Waals surface area contributed by atoms with Crippen molar-refractivity contribution in [2.75, 3.05) is 17.2 Å². The van der Waals surface area contributed by atoms with Crippen LogP contribution in [0.4, 0.5) is 29.9 Å². The summed E-state index contributed by atoms with van der Waals surface area (Å²) in [4.78, 5) is 37.2. The number of aryl methyl sites for hydroxylation is 2. The zero-order chi connectivity index (χ0) is 23.5. The highest BCUT2D eigenvalue weighted by Crippen LogP contribution is 2.34. The first-order chi connectivity index (χ1) is 15.1. The van der Waals surface area contributed by atoms with E-state index in [9.17, 15) is 22.8 Å². The predicted octanol–water partition coefficient (Wildman–Crippen LogP) is 4.74. The lowest BCUT2D eigenvalue weighted by Crippen LogP contribution is -2.18. The number of nitrogens with one attached hydrogen (secondary N) is 2. The van der Waals surface area contributed by atoms with Crippen LogP contribution < -0.4 is 10.6 Å². The molecule has 3 rings (SSSR count). The largest absolute Gasteiger partial charge is 0.462 e. The van der Waals surface area contributed by atoms with Gasteiger partial charge in [-0.3, -0.25) is 4.79 Å². The number of ether oxygens (including phenoxy) is 1. The molecule has 8 nitrogen and oxygen atoms in total. The zero-order valence-corrected chi connectivity index (χ0v) is 18.0. The van der Waals surface area contributed by atoms with E-state index in [1.165, 1.54) is 31.3 Å².